The van der Waals surface area contributed by atoms with Gasteiger partial charge < -0.3 is 35.2 Å². The van der Waals surface area contributed by atoms with E-state index in [1.807, 2.05) is 4.98 Å². The summed E-state index contributed by atoms with van der Waals surface area (Å²) >= 11 is 0. The first-order chi connectivity index (χ1) is 20.7. The van der Waals surface area contributed by atoms with Crippen LogP contribution in [0.3, 0.4) is 0 Å². The molecular weight excluding hydrogens is 640 g/mol. The van der Waals surface area contributed by atoms with E-state index in [0.29, 0.717) is 0 Å². The maximum atomic E-state index is 13.0. The third-order valence-electron chi connectivity index (χ3n) is 7.04. The second-order valence-corrected chi connectivity index (χ2v) is 12.7. The molecule has 0 saturated carbocycles. The molecule has 44 heavy (non-hydrogen) atoms. The molecule has 3 aliphatic rings. The molecule has 0 aromatic carbocycles. The van der Waals surface area contributed by atoms with Crippen LogP contribution in [0.1, 0.15) is 18.9 Å². The number of hydrogen-bond acceptors (Lipinski definition) is 16. The van der Waals surface area contributed by atoms with Crippen LogP contribution >= 0.6 is 15.6 Å². The number of nitrogens with two attached hydrogens (primary N) is 1. The van der Waals surface area contributed by atoms with Gasteiger partial charge in [0.1, 0.15) is 30.5 Å². The number of nitrogens with one attached hydrogen (secondary N) is 2. The Balaban J connectivity index is 1.28. The molecule has 3 saturated heterocycles. The normalized spacial score (nSPS) is 38.4. The van der Waals surface area contributed by atoms with Crippen molar-refractivity contribution in [3.8, 4) is 0 Å². The highest BCUT2D eigenvalue weighted by Gasteiger charge is 2.53. The molecule has 0 aliphatic carbocycles. The van der Waals surface area contributed by atoms with Crippen molar-refractivity contribution in [3.05, 3.63) is 49.8 Å². The molecule has 24 heteroatoms. The molecule has 10 atom stereocenters. The summed E-state index contributed by atoms with van der Waals surface area (Å²) in [5.74, 6) is -0.283. The van der Waals surface area contributed by atoms with Crippen LogP contribution in [-0.2, 0) is 36.7 Å². The van der Waals surface area contributed by atoms with Gasteiger partial charge in [0.15, 0.2) is 23.6 Å². The van der Waals surface area contributed by atoms with E-state index in [9.17, 15) is 43.5 Å². The maximum Gasteiger partial charge on any atom is 0.472 e. The monoisotopic (exact) mass is 665 g/mol. The highest BCUT2D eigenvalue weighted by Crippen LogP contribution is 2.53. The second kappa shape index (κ2) is 11.4. The average molecular weight is 665 g/mol. The summed E-state index contributed by atoms with van der Waals surface area (Å²) in [7, 11) is -10.1. The first-order valence-electron chi connectivity index (χ1n) is 12.8. The van der Waals surface area contributed by atoms with Crippen LogP contribution in [0.25, 0.3) is 11.2 Å². The number of ether oxygens (including phenoxy) is 2. The van der Waals surface area contributed by atoms with Gasteiger partial charge in [0, 0.05) is 18.7 Å². The SMILES string of the molecule is Nc1nc2c(ncn2[C@@H]2O[C@@H]3COP(=O)(O)OC4[C@@H](CCOP(=O)(O)OC3[C@@H]2O)O[C@@H](n2ccc(=O)[nH]c2=O)[C@H]4O)c(=O)[nH]1. The van der Waals surface area contributed by atoms with E-state index >= 15 is 0 Å². The lowest BCUT2D eigenvalue weighted by atomic mass is 10.1. The van der Waals surface area contributed by atoms with Crippen molar-refractivity contribution in [2.24, 2.45) is 0 Å². The Morgan fingerprint density at radius 3 is 2.27 bits per heavy atom. The Hall–Kier alpha value is -3.11. The molecule has 3 fully saturated rings. The summed E-state index contributed by atoms with van der Waals surface area (Å²) < 4.78 is 59.7. The van der Waals surface area contributed by atoms with Gasteiger partial charge in [0.05, 0.1) is 25.6 Å². The molecule has 8 N–H and O–H groups in total. The van der Waals surface area contributed by atoms with Crippen molar-refractivity contribution in [2.75, 3.05) is 18.9 Å². The van der Waals surface area contributed by atoms with Crippen molar-refractivity contribution in [2.45, 2.75) is 55.5 Å². The number of aliphatic hydroxyl groups excluding tert-OH is 2. The van der Waals surface area contributed by atoms with Gasteiger partial charge in [-0.1, -0.05) is 0 Å². The minimum Gasteiger partial charge on any atom is -0.386 e. The van der Waals surface area contributed by atoms with Crippen LogP contribution in [0.4, 0.5) is 5.95 Å². The molecule has 22 nitrogen and oxygen atoms in total. The molecule has 0 bridgehead atoms. The number of fused-ring (bicyclic) bond motifs is 3. The van der Waals surface area contributed by atoms with Crippen LogP contribution in [-0.4, -0.2) is 98.9 Å². The Morgan fingerprint density at radius 2 is 1.57 bits per heavy atom. The zero-order valence-corrected chi connectivity index (χ0v) is 23.8. The highest BCUT2D eigenvalue weighted by atomic mass is 31.2. The van der Waals surface area contributed by atoms with Gasteiger partial charge >= 0.3 is 21.3 Å². The zero-order chi connectivity index (χ0) is 31.6. The number of nitrogen functional groups attached to an aromatic ring is 1. The van der Waals surface area contributed by atoms with Crippen LogP contribution < -0.4 is 22.5 Å². The summed E-state index contributed by atoms with van der Waals surface area (Å²) in [6.45, 7) is -1.49. The fourth-order valence-electron chi connectivity index (χ4n) is 5.10. The molecule has 6 rings (SSSR count). The topological polar surface area (TPSA) is 315 Å². The molecule has 3 aliphatic heterocycles. The number of rotatable bonds is 2. The van der Waals surface area contributed by atoms with Crippen LogP contribution in [0.2, 0.25) is 0 Å². The number of aliphatic hydroxyl groups is 2. The molecule has 240 valence electrons. The quantitative estimate of drug-likeness (QED) is 0.136. The van der Waals surface area contributed by atoms with Gasteiger partial charge in [-0.3, -0.25) is 46.8 Å². The summed E-state index contributed by atoms with van der Waals surface area (Å²) in [6, 6.07) is 0.977. The average Bonchev–Trinajstić information content (AvgIpc) is 3.57. The molecule has 3 aromatic heterocycles. The van der Waals surface area contributed by atoms with Crippen molar-refractivity contribution in [3.63, 3.8) is 0 Å². The number of anilines is 1. The van der Waals surface area contributed by atoms with Crippen LogP contribution in [0.15, 0.2) is 33.0 Å². The summed E-state index contributed by atoms with van der Waals surface area (Å²) in [4.78, 5) is 69.0. The number of hydrogen-bond donors (Lipinski definition) is 7. The third-order valence-corrected chi connectivity index (χ3v) is 9.04. The summed E-state index contributed by atoms with van der Waals surface area (Å²) in [6.07, 6.45) is -11.0. The predicted molar refractivity (Wildman–Crippen MR) is 140 cm³/mol. The van der Waals surface area contributed by atoms with Crippen molar-refractivity contribution < 1.29 is 56.7 Å². The van der Waals surface area contributed by atoms with Gasteiger partial charge in [0.25, 0.3) is 11.1 Å². The lowest BCUT2D eigenvalue weighted by Gasteiger charge is -2.24. The standard InChI is InChI=1S/C20H25N7O15P2/c21-19-24-15-10(16(31)25-19)22-6-27(15)18-12(30)14-8(40-18)5-38-44(35,36)41-13-7(2-4-37-43(33,34)42-14)39-17(11(13)29)26-3-1-9(28)23-20(26)32/h1,3,6-8,11-14,17-18,29-30H,2,4-5H2,(H,33,34)(H,35,36)(H,23,28,32)(H3,21,24,25,31)/t7-,8-,11+,12+,13?,14?,17-,18-/m1/s1. The number of H-pyrrole nitrogens is 2. The number of imidazole rings is 1. The Morgan fingerprint density at radius 1 is 0.932 bits per heavy atom. The summed E-state index contributed by atoms with van der Waals surface area (Å²) in [5.41, 5.74) is 2.93. The lowest BCUT2D eigenvalue weighted by Crippen LogP contribution is -2.38. The van der Waals surface area contributed by atoms with Crippen molar-refractivity contribution in [1.29, 1.82) is 0 Å². The molecule has 0 radical (unpaired) electrons. The Labute approximate surface area is 243 Å². The van der Waals surface area contributed by atoms with E-state index < -0.39 is 94.7 Å². The predicted octanol–water partition coefficient (Wildman–Crippen LogP) is -2.82. The van der Waals surface area contributed by atoms with Gasteiger partial charge in [-0.2, -0.15) is 4.98 Å². The van der Waals surface area contributed by atoms with Crippen molar-refractivity contribution in [1.82, 2.24) is 29.1 Å². The zero-order valence-electron chi connectivity index (χ0n) is 22.0. The molecular formula is C20H25N7O15P2. The first-order valence-corrected chi connectivity index (χ1v) is 15.7. The molecule has 6 heterocycles. The molecule has 0 amide bonds. The smallest absolute Gasteiger partial charge is 0.386 e. The van der Waals surface area contributed by atoms with Gasteiger partial charge in [-0.15, -0.1) is 0 Å². The fourth-order valence-corrected chi connectivity index (χ4v) is 7.03. The Bertz CT molecular complexity index is 1840. The third kappa shape index (κ3) is 5.83. The van der Waals surface area contributed by atoms with E-state index in [-0.39, 0.29) is 23.5 Å². The highest BCUT2D eigenvalue weighted by molar-refractivity contribution is 7.47. The van der Waals surface area contributed by atoms with E-state index in [4.69, 9.17) is 33.3 Å². The minimum absolute atomic E-state index is 0.123. The van der Waals surface area contributed by atoms with E-state index in [1.54, 1.807) is 0 Å². The largest absolute Gasteiger partial charge is 0.472 e. The number of nitrogens with zero attached hydrogens (tertiary/aromatic N) is 4. The number of phosphoric acid groups is 2. The minimum atomic E-state index is -5.10. The number of aromatic nitrogens is 6. The molecule has 4 unspecified atom stereocenters. The number of phosphoric ester groups is 2. The fraction of sp³-hybridized carbons (Fsp3) is 0.550. The van der Waals surface area contributed by atoms with Crippen molar-refractivity contribution >= 4 is 32.8 Å². The molecule has 3 aromatic rings. The molecule has 0 spiro atoms. The lowest BCUT2D eigenvalue weighted by molar-refractivity contribution is -0.0548. The van der Waals surface area contributed by atoms with Crippen LogP contribution in [0.5, 0.6) is 0 Å². The number of aromatic amines is 2. The van der Waals surface area contributed by atoms with Crippen LogP contribution in [0, 0.1) is 0 Å². The maximum absolute atomic E-state index is 13.0. The summed E-state index contributed by atoms with van der Waals surface area (Å²) in [5, 5.41) is 22.0. The Kier molecular flexibility index (Phi) is 7.97. The second-order valence-electron chi connectivity index (χ2n) is 9.90. The van der Waals surface area contributed by atoms with Gasteiger partial charge in [-0.05, 0) is 0 Å². The van der Waals surface area contributed by atoms with Gasteiger partial charge in [0.2, 0.25) is 5.95 Å². The van der Waals surface area contributed by atoms with E-state index in [0.717, 1.165) is 27.7 Å². The van der Waals surface area contributed by atoms with E-state index in [2.05, 4.69) is 15.0 Å². The first kappa shape index (κ1) is 30.9. The van der Waals surface area contributed by atoms with E-state index in [1.165, 1.54) is 0 Å². The van der Waals surface area contributed by atoms with Gasteiger partial charge in [-0.25, -0.2) is 18.9 Å².